The molecule has 1 rings (SSSR count). The molecule has 0 aromatic heterocycles. The molecule has 0 heterocycles. The van der Waals surface area contributed by atoms with Crippen molar-refractivity contribution in [2.45, 2.75) is 19.8 Å². The van der Waals surface area contributed by atoms with Crippen LogP contribution in [0.25, 0.3) is 0 Å². The molecule has 108 valence electrons. The number of rotatable bonds is 7. The maximum absolute atomic E-state index is 14.0. The summed E-state index contributed by atoms with van der Waals surface area (Å²) in [6, 6.07) is 4.17. The molecule has 0 unspecified atom stereocenters. The first kappa shape index (κ1) is 15.7. The van der Waals surface area contributed by atoms with E-state index in [0.29, 0.717) is 24.0 Å². The van der Waals surface area contributed by atoms with Crippen LogP contribution in [0.2, 0.25) is 0 Å². The second-order valence-corrected chi connectivity index (χ2v) is 4.80. The molecule has 0 aliphatic heterocycles. The highest BCUT2D eigenvalue weighted by molar-refractivity contribution is 5.44. The van der Waals surface area contributed by atoms with Gasteiger partial charge in [-0.05, 0) is 30.7 Å². The van der Waals surface area contributed by atoms with Crippen molar-refractivity contribution in [2.24, 2.45) is 5.92 Å². The van der Waals surface area contributed by atoms with Crippen molar-refractivity contribution in [3.63, 3.8) is 0 Å². The van der Waals surface area contributed by atoms with Crippen LogP contribution in [0.5, 0.6) is 11.5 Å². The number of benzene rings is 1. The molecule has 0 bridgehead atoms. The van der Waals surface area contributed by atoms with Crippen LogP contribution in [0, 0.1) is 5.92 Å². The average molecular weight is 273 g/mol. The summed E-state index contributed by atoms with van der Waals surface area (Å²) >= 11 is 0. The predicted octanol–water partition coefficient (Wildman–Crippen LogP) is 3.04. The summed E-state index contributed by atoms with van der Waals surface area (Å²) in [5.41, 5.74) is -0.0820. The van der Waals surface area contributed by atoms with Crippen molar-refractivity contribution in [3.05, 3.63) is 23.8 Å². The molecule has 0 spiro atoms. The van der Waals surface area contributed by atoms with Gasteiger partial charge in [0.15, 0.2) is 11.5 Å². The largest absolute Gasteiger partial charge is 0.493 e. The maximum atomic E-state index is 14.0. The molecule has 5 heteroatoms. The van der Waals surface area contributed by atoms with Gasteiger partial charge in [-0.1, -0.05) is 13.8 Å². The highest BCUT2D eigenvalue weighted by atomic mass is 19.3. The summed E-state index contributed by atoms with van der Waals surface area (Å²) in [7, 11) is 2.90. The van der Waals surface area contributed by atoms with Gasteiger partial charge in [-0.15, -0.1) is 0 Å². The lowest BCUT2D eigenvalue weighted by Crippen LogP contribution is -2.32. The van der Waals surface area contributed by atoms with Crippen LogP contribution in [0.15, 0.2) is 18.2 Å². The number of alkyl halides is 2. The molecule has 1 N–H and O–H groups in total. The van der Waals surface area contributed by atoms with E-state index in [1.165, 1.54) is 32.4 Å². The van der Waals surface area contributed by atoms with Crippen LogP contribution in [-0.4, -0.2) is 27.3 Å². The fourth-order valence-corrected chi connectivity index (χ4v) is 1.68. The van der Waals surface area contributed by atoms with Crippen molar-refractivity contribution < 1.29 is 18.3 Å². The van der Waals surface area contributed by atoms with Crippen LogP contribution in [-0.2, 0) is 5.92 Å². The molecule has 0 radical (unpaired) electrons. The number of nitrogens with one attached hydrogen (secondary N) is 1. The van der Waals surface area contributed by atoms with Crippen molar-refractivity contribution >= 4 is 0 Å². The van der Waals surface area contributed by atoms with Crippen molar-refractivity contribution in [2.75, 3.05) is 27.3 Å². The fraction of sp³-hybridized carbons (Fsp3) is 0.571. The lowest BCUT2D eigenvalue weighted by molar-refractivity contribution is -0.00376. The smallest absolute Gasteiger partial charge is 0.285 e. The van der Waals surface area contributed by atoms with Gasteiger partial charge in [0, 0.05) is 5.56 Å². The third-order valence-corrected chi connectivity index (χ3v) is 2.71. The van der Waals surface area contributed by atoms with E-state index >= 15 is 0 Å². The quantitative estimate of drug-likeness (QED) is 0.828. The van der Waals surface area contributed by atoms with Gasteiger partial charge < -0.3 is 14.8 Å². The van der Waals surface area contributed by atoms with E-state index in [2.05, 4.69) is 5.32 Å². The normalized spacial score (nSPS) is 11.7. The monoisotopic (exact) mass is 273 g/mol. The number of hydrogen-bond donors (Lipinski definition) is 1. The number of hydrogen-bond acceptors (Lipinski definition) is 3. The fourth-order valence-electron chi connectivity index (χ4n) is 1.68. The van der Waals surface area contributed by atoms with Crippen LogP contribution in [0.1, 0.15) is 19.4 Å². The summed E-state index contributed by atoms with van der Waals surface area (Å²) < 4.78 is 38.1. The minimum Gasteiger partial charge on any atom is -0.493 e. The number of halogens is 2. The Hall–Kier alpha value is -1.36. The molecule has 1 aromatic rings. The molecule has 0 fully saturated rings. The summed E-state index contributed by atoms with van der Waals surface area (Å²) in [5.74, 6) is -1.85. The van der Waals surface area contributed by atoms with E-state index in [-0.39, 0.29) is 12.1 Å². The van der Waals surface area contributed by atoms with Gasteiger partial charge in [0.1, 0.15) is 0 Å². The highest BCUT2D eigenvalue weighted by Crippen LogP contribution is 2.34. The first-order valence-electron chi connectivity index (χ1n) is 6.21. The number of methoxy groups -OCH3 is 2. The zero-order valence-electron chi connectivity index (χ0n) is 11.8. The molecule has 0 saturated carbocycles. The SMILES string of the molecule is COc1ccc(C(F)(F)CNCC(C)C)cc1OC. The Bertz CT molecular complexity index is 408. The second kappa shape index (κ2) is 6.70. The Morgan fingerprint density at radius 2 is 1.79 bits per heavy atom. The zero-order chi connectivity index (χ0) is 14.5. The van der Waals surface area contributed by atoms with E-state index < -0.39 is 5.92 Å². The standard InChI is InChI=1S/C14H21F2NO2/c1-10(2)8-17-9-14(15,16)11-5-6-12(18-3)13(7-11)19-4/h5-7,10,17H,8-9H2,1-4H3. The van der Waals surface area contributed by atoms with Crippen LogP contribution >= 0.6 is 0 Å². The molecule has 0 amide bonds. The molecular weight excluding hydrogens is 252 g/mol. The van der Waals surface area contributed by atoms with E-state index in [9.17, 15) is 8.78 Å². The highest BCUT2D eigenvalue weighted by Gasteiger charge is 2.32. The lowest BCUT2D eigenvalue weighted by Gasteiger charge is -2.19. The first-order valence-corrected chi connectivity index (χ1v) is 6.21. The molecule has 1 aromatic carbocycles. The molecule has 0 aliphatic rings. The van der Waals surface area contributed by atoms with E-state index in [1.807, 2.05) is 13.8 Å². The Morgan fingerprint density at radius 1 is 1.16 bits per heavy atom. The van der Waals surface area contributed by atoms with Crippen molar-refractivity contribution in [3.8, 4) is 11.5 Å². The molecular formula is C14H21F2NO2. The second-order valence-electron chi connectivity index (χ2n) is 4.80. The van der Waals surface area contributed by atoms with E-state index in [4.69, 9.17) is 9.47 Å². The van der Waals surface area contributed by atoms with Crippen LogP contribution in [0.4, 0.5) is 8.78 Å². The van der Waals surface area contributed by atoms with Gasteiger partial charge in [-0.3, -0.25) is 0 Å². The van der Waals surface area contributed by atoms with Crippen molar-refractivity contribution in [1.29, 1.82) is 0 Å². The minimum absolute atomic E-state index is 0.0820. The maximum Gasteiger partial charge on any atom is 0.285 e. The Kier molecular flexibility index (Phi) is 5.54. The minimum atomic E-state index is -2.94. The Morgan fingerprint density at radius 3 is 2.32 bits per heavy atom. The Labute approximate surface area is 112 Å². The third kappa shape index (κ3) is 4.35. The topological polar surface area (TPSA) is 30.5 Å². The summed E-state index contributed by atoms with van der Waals surface area (Å²) in [4.78, 5) is 0. The third-order valence-electron chi connectivity index (χ3n) is 2.71. The molecule has 0 atom stereocenters. The summed E-state index contributed by atoms with van der Waals surface area (Å²) in [6.07, 6.45) is 0. The predicted molar refractivity (Wildman–Crippen MR) is 71.1 cm³/mol. The number of ether oxygens (including phenoxy) is 2. The van der Waals surface area contributed by atoms with Gasteiger partial charge in [0.25, 0.3) is 5.92 Å². The molecule has 0 saturated heterocycles. The van der Waals surface area contributed by atoms with Gasteiger partial charge in [-0.25, -0.2) is 0 Å². The van der Waals surface area contributed by atoms with Gasteiger partial charge in [0.2, 0.25) is 0 Å². The molecule has 3 nitrogen and oxygen atoms in total. The van der Waals surface area contributed by atoms with Crippen LogP contribution < -0.4 is 14.8 Å². The van der Waals surface area contributed by atoms with E-state index in [1.54, 1.807) is 0 Å². The average Bonchev–Trinajstić information content (AvgIpc) is 2.37. The van der Waals surface area contributed by atoms with E-state index in [0.717, 1.165) is 0 Å². The lowest BCUT2D eigenvalue weighted by atomic mass is 10.1. The van der Waals surface area contributed by atoms with Gasteiger partial charge in [-0.2, -0.15) is 8.78 Å². The molecule has 19 heavy (non-hydrogen) atoms. The summed E-state index contributed by atoms with van der Waals surface area (Å²) in [6.45, 7) is 4.12. The Balaban J connectivity index is 2.82. The zero-order valence-corrected chi connectivity index (χ0v) is 11.8. The first-order chi connectivity index (χ1) is 8.90. The van der Waals surface area contributed by atoms with Crippen LogP contribution in [0.3, 0.4) is 0 Å². The van der Waals surface area contributed by atoms with Gasteiger partial charge >= 0.3 is 0 Å². The molecule has 0 aliphatic carbocycles. The summed E-state index contributed by atoms with van der Waals surface area (Å²) in [5, 5.41) is 2.77. The van der Waals surface area contributed by atoms with Gasteiger partial charge in [0.05, 0.1) is 20.8 Å². The van der Waals surface area contributed by atoms with Crippen molar-refractivity contribution in [1.82, 2.24) is 5.32 Å².